The zero-order chi connectivity index (χ0) is 19.5. The van der Waals surface area contributed by atoms with Gasteiger partial charge in [-0.1, -0.05) is 51.0 Å². The Balaban J connectivity index is 1.83. The molecule has 1 saturated heterocycles. The van der Waals surface area contributed by atoms with Crippen LogP contribution in [0.5, 0.6) is 0 Å². The fourth-order valence-electron chi connectivity index (χ4n) is 6.26. The Labute approximate surface area is 165 Å². The predicted molar refractivity (Wildman–Crippen MR) is 104 cm³/mol. The zero-order valence-electron chi connectivity index (χ0n) is 16.5. The summed E-state index contributed by atoms with van der Waals surface area (Å²) in [7, 11) is 0. The van der Waals surface area contributed by atoms with Crippen molar-refractivity contribution in [3.05, 3.63) is 58.9 Å². The van der Waals surface area contributed by atoms with Gasteiger partial charge in [-0.15, -0.1) is 0 Å². The van der Waals surface area contributed by atoms with E-state index in [-0.39, 0.29) is 23.8 Å². The van der Waals surface area contributed by atoms with E-state index in [1.54, 1.807) is 0 Å². The molecule has 3 aliphatic carbocycles. The fraction of sp³-hybridized carbons (Fsp3) is 0.500. The highest BCUT2D eigenvalue weighted by Gasteiger charge is 2.75. The van der Waals surface area contributed by atoms with E-state index in [0.717, 1.165) is 44.1 Å². The first kappa shape index (κ1) is 17.7. The minimum absolute atomic E-state index is 0.155. The van der Waals surface area contributed by atoms with Crippen molar-refractivity contribution in [2.45, 2.75) is 58.0 Å². The van der Waals surface area contributed by atoms with Crippen molar-refractivity contribution >= 4 is 11.9 Å². The SMILES string of the molecule is CCCC=C1OC(=O)C2=C[C@@H]3CC[C@]12[C@@]1(OC(=O)c2ccccc21)[C@H]3CCC. The van der Waals surface area contributed by atoms with E-state index in [9.17, 15) is 9.59 Å². The molecule has 2 spiro atoms. The van der Waals surface area contributed by atoms with Crippen molar-refractivity contribution < 1.29 is 19.1 Å². The smallest absolute Gasteiger partial charge is 0.340 e. The van der Waals surface area contributed by atoms with Crippen LogP contribution in [0, 0.1) is 17.3 Å². The van der Waals surface area contributed by atoms with Crippen molar-refractivity contribution in [1.29, 1.82) is 0 Å². The molecule has 0 unspecified atom stereocenters. The Bertz CT molecular complexity index is 926. The Morgan fingerprint density at radius 1 is 1.14 bits per heavy atom. The molecule has 2 aliphatic heterocycles. The minimum Gasteiger partial charge on any atom is -0.449 e. The standard InChI is InChI=1S/C24H26O4/c1-3-5-11-20-23-13-12-15(14-19(23)22(26)27-20)17(8-4-2)24(23)18-10-7-6-9-16(18)21(25)28-24/h6-7,9-11,14-15,17H,3-5,8,12-13H2,1-2H3/t15-,17-,23+,24+/m0/s1. The number of cyclic esters (lactones) is 1. The zero-order valence-corrected chi connectivity index (χ0v) is 16.5. The number of fused-ring (bicyclic) bond motifs is 2. The lowest BCUT2D eigenvalue weighted by Gasteiger charge is -2.58. The topological polar surface area (TPSA) is 52.6 Å². The molecule has 4 heteroatoms. The van der Waals surface area contributed by atoms with E-state index < -0.39 is 11.0 Å². The first-order valence-electron chi connectivity index (χ1n) is 10.6. The monoisotopic (exact) mass is 378 g/mol. The minimum atomic E-state index is -0.838. The Morgan fingerprint density at radius 3 is 2.75 bits per heavy atom. The number of hydrogen-bond acceptors (Lipinski definition) is 4. The average Bonchev–Trinajstić information content (AvgIpc) is 3.17. The maximum atomic E-state index is 13.0. The number of carbonyl (C=O) groups is 2. The molecule has 0 N–H and O–H groups in total. The molecule has 2 fully saturated rings. The van der Waals surface area contributed by atoms with Crippen LogP contribution in [0.25, 0.3) is 0 Å². The summed E-state index contributed by atoms with van der Waals surface area (Å²) in [4.78, 5) is 25.9. The number of rotatable bonds is 4. The molecular weight excluding hydrogens is 352 g/mol. The second-order valence-corrected chi connectivity index (χ2v) is 8.50. The lowest BCUT2D eigenvalue weighted by Crippen LogP contribution is -2.59. The molecule has 6 rings (SSSR count). The summed E-state index contributed by atoms with van der Waals surface area (Å²) in [5, 5.41) is 0. The number of hydrogen-bond donors (Lipinski definition) is 0. The number of benzene rings is 1. The van der Waals surface area contributed by atoms with E-state index in [1.165, 1.54) is 0 Å². The molecule has 4 atom stereocenters. The van der Waals surface area contributed by atoms with Crippen LogP contribution in [0.4, 0.5) is 0 Å². The van der Waals surface area contributed by atoms with Gasteiger partial charge >= 0.3 is 11.9 Å². The Hall–Kier alpha value is -2.36. The third-order valence-corrected chi connectivity index (χ3v) is 7.23. The van der Waals surface area contributed by atoms with Crippen LogP contribution < -0.4 is 0 Å². The van der Waals surface area contributed by atoms with E-state index in [0.29, 0.717) is 16.9 Å². The van der Waals surface area contributed by atoms with Crippen molar-refractivity contribution in [1.82, 2.24) is 0 Å². The van der Waals surface area contributed by atoms with Gasteiger partial charge in [0, 0.05) is 11.5 Å². The number of allylic oxidation sites excluding steroid dienone is 2. The fourth-order valence-corrected chi connectivity index (χ4v) is 6.26. The summed E-state index contributed by atoms with van der Waals surface area (Å²) >= 11 is 0. The molecule has 1 saturated carbocycles. The van der Waals surface area contributed by atoms with Crippen LogP contribution in [0.15, 0.2) is 47.7 Å². The maximum Gasteiger partial charge on any atom is 0.340 e. The molecule has 4 nitrogen and oxygen atoms in total. The molecular formula is C24H26O4. The largest absolute Gasteiger partial charge is 0.449 e. The van der Waals surface area contributed by atoms with Crippen LogP contribution in [0.2, 0.25) is 0 Å². The number of unbranched alkanes of at least 4 members (excludes halogenated alkanes) is 1. The van der Waals surface area contributed by atoms with E-state index in [1.807, 2.05) is 24.3 Å². The van der Waals surface area contributed by atoms with E-state index >= 15 is 0 Å². The van der Waals surface area contributed by atoms with Crippen molar-refractivity contribution in [2.75, 3.05) is 0 Å². The average molecular weight is 378 g/mol. The summed E-state index contributed by atoms with van der Waals surface area (Å²) in [6.45, 7) is 4.28. The van der Waals surface area contributed by atoms with Gasteiger partial charge in [-0.25, -0.2) is 9.59 Å². The molecule has 0 radical (unpaired) electrons. The highest BCUT2D eigenvalue weighted by Crippen LogP contribution is 2.72. The van der Waals surface area contributed by atoms with E-state index in [2.05, 4.69) is 26.0 Å². The number of carbonyl (C=O) groups excluding carboxylic acids is 2. The summed E-state index contributed by atoms with van der Waals surface area (Å²) in [6, 6.07) is 7.73. The highest BCUT2D eigenvalue weighted by atomic mass is 16.6. The second-order valence-electron chi connectivity index (χ2n) is 8.50. The summed E-state index contributed by atoms with van der Waals surface area (Å²) in [6.07, 6.45) is 9.74. The molecule has 146 valence electrons. The third-order valence-electron chi connectivity index (χ3n) is 7.23. The summed E-state index contributed by atoms with van der Waals surface area (Å²) < 4.78 is 12.2. The van der Waals surface area contributed by atoms with Crippen molar-refractivity contribution in [3.63, 3.8) is 0 Å². The quantitative estimate of drug-likeness (QED) is 0.688. The van der Waals surface area contributed by atoms with Gasteiger partial charge in [0.05, 0.1) is 11.1 Å². The first-order chi connectivity index (χ1) is 13.6. The van der Waals surface area contributed by atoms with Crippen LogP contribution in [0.1, 0.15) is 68.3 Å². The third kappa shape index (κ3) is 1.91. The van der Waals surface area contributed by atoms with Crippen LogP contribution in [-0.4, -0.2) is 11.9 Å². The van der Waals surface area contributed by atoms with Crippen molar-refractivity contribution in [3.8, 4) is 0 Å². The van der Waals surface area contributed by atoms with Gasteiger partial charge in [-0.2, -0.15) is 0 Å². The number of ether oxygens (including phenoxy) is 2. The Kier molecular flexibility index (Phi) is 3.84. The molecule has 0 aromatic heterocycles. The molecule has 2 heterocycles. The van der Waals surface area contributed by atoms with Gasteiger partial charge in [0.25, 0.3) is 0 Å². The van der Waals surface area contributed by atoms with Gasteiger partial charge in [0.15, 0.2) is 5.60 Å². The summed E-state index contributed by atoms with van der Waals surface area (Å²) in [5.41, 5.74) is 0.766. The van der Waals surface area contributed by atoms with Gasteiger partial charge in [0.2, 0.25) is 0 Å². The van der Waals surface area contributed by atoms with E-state index in [4.69, 9.17) is 9.47 Å². The second kappa shape index (κ2) is 6.07. The van der Waals surface area contributed by atoms with Crippen molar-refractivity contribution in [2.24, 2.45) is 17.3 Å². The highest BCUT2D eigenvalue weighted by molar-refractivity contribution is 5.99. The van der Waals surface area contributed by atoms with Gasteiger partial charge < -0.3 is 9.47 Å². The number of esters is 2. The summed E-state index contributed by atoms with van der Waals surface area (Å²) in [5.74, 6) is 0.555. The van der Waals surface area contributed by atoms with Gasteiger partial charge in [-0.3, -0.25) is 0 Å². The Morgan fingerprint density at radius 2 is 1.96 bits per heavy atom. The molecule has 2 bridgehead atoms. The molecule has 1 aromatic carbocycles. The van der Waals surface area contributed by atoms with Gasteiger partial charge in [0.1, 0.15) is 11.2 Å². The van der Waals surface area contributed by atoms with Crippen LogP contribution in [0.3, 0.4) is 0 Å². The lowest BCUT2D eigenvalue weighted by molar-refractivity contribution is -0.152. The molecule has 0 amide bonds. The molecule has 1 aromatic rings. The van der Waals surface area contributed by atoms with Gasteiger partial charge in [-0.05, 0) is 43.7 Å². The first-order valence-corrected chi connectivity index (χ1v) is 10.6. The maximum absolute atomic E-state index is 13.0. The lowest BCUT2D eigenvalue weighted by atomic mass is 9.46. The molecule has 5 aliphatic rings. The predicted octanol–water partition coefficient (Wildman–Crippen LogP) is 5.05. The van der Waals surface area contributed by atoms with Crippen LogP contribution >= 0.6 is 0 Å². The molecule has 28 heavy (non-hydrogen) atoms. The normalized spacial score (nSPS) is 36.4. The van der Waals surface area contributed by atoms with Crippen LogP contribution in [-0.2, 0) is 19.9 Å².